The van der Waals surface area contributed by atoms with E-state index in [1.54, 1.807) is 11.8 Å². The lowest BCUT2D eigenvalue weighted by molar-refractivity contribution is -0.139. The Morgan fingerprint density at radius 3 is 2.57 bits per heavy atom. The molecule has 116 valence electrons. The van der Waals surface area contributed by atoms with Crippen LogP contribution in [0.3, 0.4) is 0 Å². The molecule has 1 saturated heterocycles. The predicted molar refractivity (Wildman–Crippen MR) is 76.0 cm³/mol. The first-order valence-electron chi connectivity index (χ1n) is 6.64. The Hall–Kier alpha value is -1.21. The summed E-state index contributed by atoms with van der Waals surface area (Å²) in [5, 5.41) is 3.05. The summed E-state index contributed by atoms with van der Waals surface area (Å²) in [6.45, 7) is 0.279. The molecule has 1 aliphatic heterocycles. The summed E-state index contributed by atoms with van der Waals surface area (Å²) in [5.41, 5.74) is 0.894. The van der Waals surface area contributed by atoms with Crippen molar-refractivity contribution >= 4 is 17.7 Å². The highest BCUT2D eigenvalue weighted by Gasteiger charge is 2.33. The van der Waals surface area contributed by atoms with Gasteiger partial charge in [-0.25, -0.2) is 0 Å². The Bertz CT molecular complexity index is 490. The van der Waals surface area contributed by atoms with Crippen LogP contribution in [0.1, 0.15) is 24.6 Å². The second-order valence-corrected chi connectivity index (χ2v) is 5.74. The molecule has 1 heterocycles. The van der Waals surface area contributed by atoms with Crippen molar-refractivity contribution in [2.45, 2.75) is 30.1 Å². The molecule has 2 rings (SSSR count). The van der Waals surface area contributed by atoms with Gasteiger partial charge in [0.1, 0.15) is 6.17 Å². The molecule has 7 heteroatoms. The molecule has 21 heavy (non-hydrogen) atoms. The van der Waals surface area contributed by atoms with Crippen molar-refractivity contribution in [3.63, 3.8) is 0 Å². The van der Waals surface area contributed by atoms with Crippen molar-refractivity contribution in [2.24, 2.45) is 0 Å². The first-order chi connectivity index (χ1) is 9.90. The van der Waals surface area contributed by atoms with E-state index in [1.165, 1.54) is 4.90 Å². The minimum atomic E-state index is -4.17. The molecule has 1 fully saturated rings. The predicted octanol–water partition coefficient (Wildman–Crippen LogP) is 3.18. The van der Waals surface area contributed by atoms with Crippen LogP contribution in [0.25, 0.3) is 0 Å². The molecule has 1 atom stereocenters. The van der Waals surface area contributed by atoms with E-state index in [9.17, 15) is 18.0 Å². The van der Waals surface area contributed by atoms with Gasteiger partial charge in [0.2, 0.25) is 5.91 Å². The Kier molecular flexibility index (Phi) is 5.16. The summed E-state index contributed by atoms with van der Waals surface area (Å²) in [7, 11) is 0. The number of amides is 1. The fourth-order valence-corrected chi connectivity index (χ4v) is 2.74. The van der Waals surface area contributed by atoms with Gasteiger partial charge in [0.05, 0.1) is 6.54 Å². The Labute approximate surface area is 125 Å². The minimum Gasteiger partial charge on any atom is -0.322 e. The fourth-order valence-electron chi connectivity index (χ4n) is 2.33. The van der Waals surface area contributed by atoms with E-state index in [1.807, 2.05) is 30.5 Å². The Balaban J connectivity index is 2.01. The summed E-state index contributed by atoms with van der Waals surface area (Å²) in [6.07, 6.45) is -3.48. The second-order valence-electron chi connectivity index (χ2n) is 4.86. The number of alkyl halides is 3. The minimum absolute atomic E-state index is 0.0731. The van der Waals surface area contributed by atoms with Gasteiger partial charge in [-0.3, -0.25) is 10.1 Å². The molecule has 0 bridgehead atoms. The van der Waals surface area contributed by atoms with Crippen LogP contribution in [0, 0.1) is 0 Å². The van der Waals surface area contributed by atoms with Crippen LogP contribution in [0.5, 0.6) is 0 Å². The molecule has 0 aliphatic carbocycles. The van der Waals surface area contributed by atoms with Crippen molar-refractivity contribution < 1.29 is 18.0 Å². The topological polar surface area (TPSA) is 32.3 Å². The number of hydrogen-bond donors (Lipinski definition) is 1. The molecule has 0 aromatic heterocycles. The van der Waals surface area contributed by atoms with Gasteiger partial charge in [-0.15, -0.1) is 11.8 Å². The highest BCUT2D eigenvalue weighted by atomic mass is 32.2. The molecule has 0 spiro atoms. The summed E-state index contributed by atoms with van der Waals surface area (Å²) >= 11 is 1.61. The fraction of sp³-hybridized carbons (Fsp3) is 0.500. The third-order valence-electron chi connectivity index (χ3n) is 3.37. The standard InChI is InChI=1S/C14H17F3N2OS/c1-21-11-5-3-10(4-6-11)13-18-9-12(20)19(13)8-2-7-14(15,16)17/h3-6,13,18H,2,7-9H2,1H3. The normalized spacial score (nSPS) is 19.3. The van der Waals surface area contributed by atoms with Gasteiger partial charge < -0.3 is 4.90 Å². The summed E-state index contributed by atoms with van der Waals surface area (Å²) in [4.78, 5) is 14.4. The van der Waals surface area contributed by atoms with Crippen molar-refractivity contribution in [1.82, 2.24) is 10.2 Å². The molecule has 1 aliphatic rings. The lowest BCUT2D eigenvalue weighted by Gasteiger charge is -2.25. The Morgan fingerprint density at radius 1 is 1.33 bits per heavy atom. The number of rotatable bonds is 5. The molecule has 1 amide bonds. The highest BCUT2D eigenvalue weighted by molar-refractivity contribution is 7.98. The second kappa shape index (κ2) is 6.70. The van der Waals surface area contributed by atoms with E-state index < -0.39 is 12.6 Å². The molecule has 3 nitrogen and oxygen atoms in total. The summed E-state index contributed by atoms with van der Waals surface area (Å²) in [6, 6.07) is 7.69. The van der Waals surface area contributed by atoms with Gasteiger partial charge >= 0.3 is 6.18 Å². The maximum Gasteiger partial charge on any atom is 0.389 e. The molecule has 0 saturated carbocycles. The maximum absolute atomic E-state index is 12.2. The smallest absolute Gasteiger partial charge is 0.322 e. The number of benzene rings is 1. The van der Waals surface area contributed by atoms with Gasteiger partial charge in [-0.05, 0) is 30.4 Å². The lowest BCUT2D eigenvalue weighted by Crippen LogP contribution is -2.31. The van der Waals surface area contributed by atoms with E-state index in [0.29, 0.717) is 0 Å². The van der Waals surface area contributed by atoms with Crippen LogP contribution in [0.2, 0.25) is 0 Å². The Morgan fingerprint density at radius 2 is 2.00 bits per heavy atom. The van der Waals surface area contributed by atoms with Crippen LogP contribution in [0.4, 0.5) is 13.2 Å². The lowest BCUT2D eigenvalue weighted by atomic mass is 10.1. The zero-order chi connectivity index (χ0) is 15.5. The van der Waals surface area contributed by atoms with Crippen molar-refractivity contribution in [3.8, 4) is 0 Å². The van der Waals surface area contributed by atoms with Crippen molar-refractivity contribution in [3.05, 3.63) is 29.8 Å². The van der Waals surface area contributed by atoms with Gasteiger partial charge in [0.25, 0.3) is 0 Å². The highest BCUT2D eigenvalue weighted by Crippen LogP contribution is 2.27. The van der Waals surface area contributed by atoms with Gasteiger partial charge in [0.15, 0.2) is 0 Å². The number of hydrogen-bond acceptors (Lipinski definition) is 3. The average molecular weight is 318 g/mol. The summed E-state index contributed by atoms with van der Waals surface area (Å²) < 4.78 is 36.6. The quantitative estimate of drug-likeness (QED) is 0.846. The van der Waals surface area contributed by atoms with E-state index in [4.69, 9.17) is 0 Å². The van der Waals surface area contributed by atoms with Crippen LogP contribution >= 0.6 is 11.8 Å². The number of halogens is 3. The number of thioether (sulfide) groups is 1. The van der Waals surface area contributed by atoms with Crippen LogP contribution in [-0.4, -0.2) is 36.3 Å². The third-order valence-corrected chi connectivity index (χ3v) is 4.11. The molecule has 1 aromatic carbocycles. The largest absolute Gasteiger partial charge is 0.389 e. The monoisotopic (exact) mass is 318 g/mol. The first-order valence-corrected chi connectivity index (χ1v) is 7.87. The van der Waals surface area contributed by atoms with Crippen LogP contribution in [-0.2, 0) is 4.79 Å². The zero-order valence-electron chi connectivity index (χ0n) is 11.6. The molecule has 0 radical (unpaired) electrons. The van der Waals surface area contributed by atoms with Gasteiger partial charge in [-0.2, -0.15) is 13.2 Å². The van der Waals surface area contributed by atoms with Crippen LogP contribution < -0.4 is 5.32 Å². The summed E-state index contributed by atoms with van der Waals surface area (Å²) in [5.74, 6) is -0.156. The van der Waals surface area contributed by atoms with Gasteiger partial charge in [-0.1, -0.05) is 12.1 Å². The molecule has 1 N–H and O–H groups in total. The molecular formula is C14H17F3N2OS. The number of carbonyl (C=O) groups is 1. The first kappa shape index (κ1) is 16.2. The number of carbonyl (C=O) groups excluding carboxylic acids is 1. The number of nitrogens with one attached hydrogen (secondary N) is 1. The van der Waals surface area contributed by atoms with E-state index in [-0.39, 0.29) is 31.6 Å². The van der Waals surface area contributed by atoms with E-state index in [2.05, 4.69) is 5.32 Å². The van der Waals surface area contributed by atoms with Crippen molar-refractivity contribution in [1.29, 1.82) is 0 Å². The van der Waals surface area contributed by atoms with Crippen molar-refractivity contribution in [2.75, 3.05) is 19.3 Å². The van der Waals surface area contributed by atoms with E-state index in [0.717, 1.165) is 10.5 Å². The average Bonchev–Trinajstić information content (AvgIpc) is 2.79. The van der Waals surface area contributed by atoms with Gasteiger partial charge in [0, 0.05) is 17.9 Å². The zero-order valence-corrected chi connectivity index (χ0v) is 12.4. The molecular weight excluding hydrogens is 301 g/mol. The van der Waals surface area contributed by atoms with E-state index >= 15 is 0 Å². The maximum atomic E-state index is 12.2. The SMILES string of the molecule is CSc1ccc(C2NCC(=O)N2CCCC(F)(F)F)cc1. The third kappa shape index (κ3) is 4.38. The molecule has 1 aromatic rings. The van der Waals surface area contributed by atoms with Crippen LogP contribution in [0.15, 0.2) is 29.2 Å². The number of nitrogens with zero attached hydrogens (tertiary/aromatic N) is 1. The molecule has 1 unspecified atom stereocenters.